The third-order valence-corrected chi connectivity index (χ3v) is 5.61. The Labute approximate surface area is 212 Å². The van der Waals surface area contributed by atoms with E-state index in [0.29, 0.717) is 10.2 Å². The van der Waals surface area contributed by atoms with Crippen molar-refractivity contribution < 1.29 is 22.0 Å². The molecule has 12 heteroatoms. The molecule has 37 heavy (non-hydrogen) atoms. The third kappa shape index (κ3) is 5.10. The summed E-state index contributed by atoms with van der Waals surface area (Å²) in [4.78, 5) is 7.71. The highest BCUT2D eigenvalue weighted by atomic mass is 35.5. The van der Waals surface area contributed by atoms with E-state index in [2.05, 4.69) is 32.9 Å². The number of benzene rings is 1. The molecule has 0 atom stereocenters. The number of halogens is 6. The quantitative estimate of drug-likeness (QED) is 0.241. The normalized spacial score (nSPS) is 11.3. The molecule has 4 aromatic rings. The molecule has 1 aromatic carbocycles. The second-order valence-electron chi connectivity index (χ2n) is 7.70. The van der Waals surface area contributed by atoms with Crippen LogP contribution in [0.3, 0.4) is 0 Å². The number of aromatic nitrogens is 4. The van der Waals surface area contributed by atoms with Gasteiger partial charge < -0.3 is 11.1 Å². The van der Waals surface area contributed by atoms with Crippen molar-refractivity contribution in [2.75, 3.05) is 11.1 Å². The van der Waals surface area contributed by atoms with Crippen LogP contribution in [0.1, 0.15) is 27.9 Å². The Bertz CT molecular complexity index is 1530. The summed E-state index contributed by atoms with van der Waals surface area (Å²) < 4.78 is 72.3. The Morgan fingerprint density at radius 1 is 1.16 bits per heavy atom. The van der Waals surface area contributed by atoms with Gasteiger partial charge in [0.05, 0.1) is 16.8 Å². The molecule has 0 radical (unpaired) electrons. The van der Waals surface area contributed by atoms with Crippen molar-refractivity contribution in [2.45, 2.75) is 12.6 Å². The Balaban J connectivity index is 1.66. The van der Waals surface area contributed by atoms with Crippen LogP contribution in [0, 0.1) is 24.0 Å². The first kappa shape index (κ1) is 25.7. The highest BCUT2D eigenvalue weighted by Gasteiger charge is 2.40. The number of nitrogens with two attached hydrogens (primary N) is 1. The fourth-order valence-corrected chi connectivity index (χ4v) is 3.85. The smallest absolute Gasteiger partial charge is 0.383 e. The van der Waals surface area contributed by atoms with Crippen LogP contribution in [-0.4, -0.2) is 19.7 Å². The van der Waals surface area contributed by atoms with Gasteiger partial charge in [0.25, 0.3) is 0 Å². The van der Waals surface area contributed by atoms with E-state index >= 15 is 0 Å². The zero-order chi connectivity index (χ0) is 26.9. The third-order valence-electron chi connectivity index (χ3n) is 5.32. The minimum absolute atomic E-state index is 0.0448. The molecule has 0 aliphatic rings. The molecule has 6 nitrogen and oxygen atoms in total. The molecular formula is C25H16ClF5N6. The summed E-state index contributed by atoms with van der Waals surface area (Å²) >= 11 is 6.00. The minimum Gasteiger partial charge on any atom is -0.383 e. The summed E-state index contributed by atoms with van der Waals surface area (Å²) in [5, 5.41) is 6.21. The Kier molecular flexibility index (Phi) is 6.87. The number of hydrogen-bond donors (Lipinski definition) is 2. The van der Waals surface area contributed by atoms with Crippen molar-refractivity contribution in [2.24, 2.45) is 0 Å². The lowest BCUT2D eigenvalue weighted by atomic mass is 10.00. The van der Waals surface area contributed by atoms with Gasteiger partial charge in [-0.2, -0.15) is 18.3 Å². The summed E-state index contributed by atoms with van der Waals surface area (Å²) in [6, 6.07) is 6.16. The molecule has 0 saturated heterocycles. The Hall–Kier alpha value is -4.43. The molecule has 0 aliphatic heterocycles. The summed E-state index contributed by atoms with van der Waals surface area (Å²) in [6.07, 6.45) is 3.84. The second kappa shape index (κ2) is 9.91. The second-order valence-corrected chi connectivity index (χ2v) is 8.11. The van der Waals surface area contributed by atoms with Gasteiger partial charge in [-0.05, 0) is 35.9 Å². The summed E-state index contributed by atoms with van der Waals surface area (Å²) in [6.45, 7) is 3.60. The first-order valence-corrected chi connectivity index (χ1v) is 10.8. The summed E-state index contributed by atoms with van der Waals surface area (Å²) in [7, 11) is 0. The molecule has 0 fully saturated rings. The van der Waals surface area contributed by atoms with Crippen LogP contribution in [0.4, 0.5) is 33.5 Å². The van der Waals surface area contributed by atoms with E-state index in [1.165, 1.54) is 30.6 Å². The van der Waals surface area contributed by atoms with Crippen LogP contribution >= 0.6 is 11.6 Å². The predicted molar refractivity (Wildman–Crippen MR) is 130 cm³/mol. The van der Waals surface area contributed by atoms with E-state index in [9.17, 15) is 22.0 Å². The molecule has 3 N–H and O–H groups in total. The fraction of sp³-hybridized carbons (Fsp3) is 0.0800. The number of nitrogens with one attached hydrogen (secondary N) is 1. The number of anilines is 2. The molecule has 3 aromatic heterocycles. The van der Waals surface area contributed by atoms with Gasteiger partial charge in [-0.3, -0.25) is 0 Å². The van der Waals surface area contributed by atoms with Gasteiger partial charge in [0.2, 0.25) is 0 Å². The lowest BCUT2D eigenvalue weighted by Gasteiger charge is -2.16. The number of hydrogen-bond acceptors (Lipinski definition) is 5. The van der Waals surface area contributed by atoms with Gasteiger partial charge >= 0.3 is 6.18 Å². The maximum Gasteiger partial charge on any atom is 0.434 e. The lowest BCUT2D eigenvalue weighted by molar-refractivity contribution is -0.143. The number of nitrogens with zero attached hydrogens (tertiary/aromatic N) is 4. The Morgan fingerprint density at radius 2 is 1.86 bits per heavy atom. The number of alkyl halides is 3. The first-order valence-electron chi connectivity index (χ1n) is 10.4. The molecule has 0 unspecified atom stereocenters. The van der Waals surface area contributed by atoms with E-state index in [4.69, 9.17) is 23.8 Å². The zero-order valence-electron chi connectivity index (χ0n) is 18.7. The molecule has 4 rings (SSSR count). The van der Waals surface area contributed by atoms with Gasteiger partial charge in [-0.1, -0.05) is 24.1 Å². The molecule has 0 spiro atoms. The maximum atomic E-state index is 14.9. The van der Waals surface area contributed by atoms with E-state index < -0.39 is 29.1 Å². The van der Waals surface area contributed by atoms with Gasteiger partial charge in [0.15, 0.2) is 11.5 Å². The average molecular weight is 531 g/mol. The summed E-state index contributed by atoms with van der Waals surface area (Å²) in [5.41, 5.74) is 3.83. The monoisotopic (exact) mass is 530 g/mol. The van der Waals surface area contributed by atoms with E-state index in [-0.39, 0.29) is 45.6 Å². The van der Waals surface area contributed by atoms with Crippen molar-refractivity contribution in [1.29, 1.82) is 0 Å². The van der Waals surface area contributed by atoms with Crippen LogP contribution in [0.15, 0.2) is 55.5 Å². The zero-order valence-corrected chi connectivity index (χ0v) is 19.5. The van der Waals surface area contributed by atoms with E-state index in [1.807, 2.05) is 0 Å². The first-order chi connectivity index (χ1) is 17.5. The molecular weight excluding hydrogens is 515 g/mol. The van der Waals surface area contributed by atoms with Crippen LogP contribution in [0.5, 0.6) is 0 Å². The van der Waals surface area contributed by atoms with Crippen LogP contribution in [0.25, 0.3) is 11.5 Å². The molecule has 188 valence electrons. The van der Waals surface area contributed by atoms with Crippen molar-refractivity contribution in [1.82, 2.24) is 19.7 Å². The topological polar surface area (TPSA) is 81.7 Å². The highest BCUT2D eigenvalue weighted by Crippen LogP contribution is 2.37. The standard InChI is InChI=1S/C25H16ClF5N6/c1-3-16-14(6-8-33-23(16)32)9-17-20(27)10-15(11-21(17)28)36-13(2)18-12-35-37(22(18)25(29,30)31)24-19(26)5-4-7-34-24/h1,4-8,10-12,36H,2,9H2,(H2,32,33). The van der Waals surface area contributed by atoms with Crippen LogP contribution in [-0.2, 0) is 12.6 Å². The van der Waals surface area contributed by atoms with E-state index in [1.54, 1.807) is 0 Å². The molecule has 0 bridgehead atoms. The van der Waals surface area contributed by atoms with Crippen molar-refractivity contribution in [3.63, 3.8) is 0 Å². The average Bonchev–Trinajstić information content (AvgIpc) is 3.28. The molecule has 3 heterocycles. The van der Waals surface area contributed by atoms with Crippen LogP contribution < -0.4 is 11.1 Å². The number of pyridine rings is 2. The van der Waals surface area contributed by atoms with Gasteiger partial charge in [0, 0.05) is 41.3 Å². The highest BCUT2D eigenvalue weighted by molar-refractivity contribution is 6.32. The minimum atomic E-state index is -4.89. The molecule has 0 amide bonds. The number of nitrogen functional groups attached to an aromatic ring is 1. The fourth-order valence-electron chi connectivity index (χ4n) is 3.65. The van der Waals surface area contributed by atoms with Gasteiger partial charge in [-0.15, -0.1) is 6.42 Å². The largest absolute Gasteiger partial charge is 0.434 e. The molecule has 0 aliphatic carbocycles. The SMILES string of the molecule is C#Cc1c(Cc2c(F)cc(NC(=C)c3cnn(-c4ncccc4Cl)c3C(F)(F)F)cc2F)ccnc1N. The summed E-state index contributed by atoms with van der Waals surface area (Å²) in [5.74, 6) is 0.224. The Morgan fingerprint density at radius 3 is 2.49 bits per heavy atom. The predicted octanol–water partition coefficient (Wildman–Crippen LogP) is 5.85. The van der Waals surface area contributed by atoms with Crippen molar-refractivity contribution in [3.8, 4) is 18.2 Å². The van der Waals surface area contributed by atoms with Crippen molar-refractivity contribution in [3.05, 3.63) is 100 Å². The lowest BCUT2D eigenvalue weighted by Crippen LogP contribution is -2.17. The van der Waals surface area contributed by atoms with Crippen molar-refractivity contribution >= 4 is 28.8 Å². The van der Waals surface area contributed by atoms with Crippen LogP contribution in [0.2, 0.25) is 5.02 Å². The van der Waals surface area contributed by atoms with Gasteiger partial charge in [-0.25, -0.2) is 23.4 Å². The number of rotatable bonds is 6. The molecule has 0 saturated carbocycles. The van der Waals surface area contributed by atoms with Gasteiger partial charge in [0.1, 0.15) is 17.5 Å². The number of terminal acetylenes is 1. The maximum absolute atomic E-state index is 14.9. The van der Waals surface area contributed by atoms with E-state index in [0.717, 1.165) is 18.3 Å².